The highest BCUT2D eigenvalue weighted by molar-refractivity contribution is 6.22. The molecule has 2 amide bonds. The normalized spacial score (nSPS) is 19.9. The van der Waals surface area contributed by atoms with Crippen molar-refractivity contribution in [2.75, 3.05) is 4.90 Å². The number of rotatable bonds is 3. The number of hydrogen-bond donors (Lipinski definition) is 0. The van der Waals surface area contributed by atoms with Gasteiger partial charge in [-0.2, -0.15) is 0 Å². The maximum Gasteiger partial charge on any atom is 0.238 e. The van der Waals surface area contributed by atoms with Crippen LogP contribution >= 0.6 is 0 Å². The minimum atomic E-state index is -0.809. The first-order valence-corrected chi connectivity index (χ1v) is 6.28. The second-order valence-corrected chi connectivity index (χ2v) is 5.44. The summed E-state index contributed by atoms with van der Waals surface area (Å²) in [5, 5.41) is 0. The maximum atomic E-state index is 12.4. The molecule has 0 aliphatic carbocycles. The number of benzene rings is 1. The Bertz CT molecular complexity index is 534. The maximum absolute atomic E-state index is 12.4. The molecule has 1 aromatic rings. The van der Waals surface area contributed by atoms with Crippen LogP contribution in [0.4, 0.5) is 5.69 Å². The lowest BCUT2D eigenvalue weighted by atomic mass is 9.75. The molecule has 19 heavy (non-hydrogen) atoms. The molecule has 1 atom stereocenters. The van der Waals surface area contributed by atoms with Crippen LogP contribution in [-0.4, -0.2) is 17.6 Å². The number of carbonyl (C=O) groups is 3. The van der Waals surface area contributed by atoms with E-state index >= 15 is 0 Å². The number of amides is 2. The Morgan fingerprint density at radius 3 is 2.32 bits per heavy atom. The van der Waals surface area contributed by atoms with Crippen molar-refractivity contribution < 1.29 is 14.4 Å². The van der Waals surface area contributed by atoms with Crippen molar-refractivity contribution >= 4 is 23.3 Å². The van der Waals surface area contributed by atoms with Gasteiger partial charge in [0.25, 0.3) is 0 Å². The quantitative estimate of drug-likeness (QED) is 0.782. The first-order chi connectivity index (χ1) is 8.85. The highest BCUT2D eigenvalue weighted by atomic mass is 16.2. The molecular formula is C15H17NO3. The molecule has 2 rings (SSSR count). The fraction of sp³-hybridized carbons (Fsp3) is 0.400. The summed E-state index contributed by atoms with van der Waals surface area (Å²) < 4.78 is 0. The lowest BCUT2D eigenvalue weighted by Gasteiger charge is -2.26. The summed E-state index contributed by atoms with van der Waals surface area (Å²) in [7, 11) is 0. The number of anilines is 1. The fourth-order valence-electron chi connectivity index (χ4n) is 2.29. The van der Waals surface area contributed by atoms with E-state index in [1.54, 1.807) is 38.1 Å². The smallest absolute Gasteiger partial charge is 0.238 e. The Balaban J connectivity index is 2.35. The fourth-order valence-corrected chi connectivity index (χ4v) is 2.29. The van der Waals surface area contributed by atoms with Gasteiger partial charge in [0, 0.05) is 11.8 Å². The predicted octanol–water partition coefficient (Wildman–Crippen LogP) is 2.18. The second-order valence-electron chi connectivity index (χ2n) is 5.44. The number of para-hydroxylation sites is 1. The average Bonchev–Trinajstić information content (AvgIpc) is 2.66. The third kappa shape index (κ3) is 2.18. The Morgan fingerprint density at radius 1 is 1.21 bits per heavy atom. The summed E-state index contributed by atoms with van der Waals surface area (Å²) >= 11 is 0. The largest absolute Gasteiger partial charge is 0.299 e. The zero-order valence-electron chi connectivity index (χ0n) is 11.3. The topological polar surface area (TPSA) is 54.5 Å². The molecule has 100 valence electrons. The second kappa shape index (κ2) is 4.61. The molecule has 0 aromatic heterocycles. The van der Waals surface area contributed by atoms with Crippen molar-refractivity contribution in [2.45, 2.75) is 27.2 Å². The van der Waals surface area contributed by atoms with Gasteiger partial charge in [-0.3, -0.25) is 19.3 Å². The number of Topliss-reactive ketones (excluding diaryl/α,β-unsaturated/α-hetero) is 1. The first kappa shape index (κ1) is 13.5. The molecule has 1 unspecified atom stereocenters. The Kier molecular flexibility index (Phi) is 3.27. The molecule has 1 aromatic carbocycles. The van der Waals surface area contributed by atoms with E-state index in [2.05, 4.69) is 0 Å². The number of ketones is 1. The van der Waals surface area contributed by atoms with Crippen molar-refractivity contribution in [1.29, 1.82) is 0 Å². The van der Waals surface area contributed by atoms with Crippen molar-refractivity contribution in [3.63, 3.8) is 0 Å². The van der Waals surface area contributed by atoms with Gasteiger partial charge in [0.2, 0.25) is 11.8 Å². The van der Waals surface area contributed by atoms with E-state index in [0.717, 1.165) is 0 Å². The molecule has 0 radical (unpaired) electrons. The Morgan fingerprint density at radius 2 is 1.79 bits per heavy atom. The van der Waals surface area contributed by atoms with Crippen molar-refractivity contribution in [1.82, 2.24) is 0 Å². The van der Waals surface area contributed by atoms with E-state index in [1.165, 1.54) is 11.8 Å². The van der Waals surface area contributed by atoms with Crippen LogP contribution in [0.25, 0.3) is 0 Å². The van der Waals surface area contributed by atoms with Crippen molar-refractivity contribution in [3.05, 3.63) is 30.3 Å². The third-order valence-electron chi connectivity index (χ3n) is 3.94. The molecule has 4 heteroatoms. The van der Waals surface area contributed by atoms with Gasteiger partial charge in [0.15, 0.2) is 0 Å². The van der Waals surface area contributed by atoms with Gasteiger partial charge < -0.3 is 0 Å². The van der Waals surface area contributed by atoms with Crippen LogP contribution in [0.15, 0.2) is 30.3 Å². The standard InChI is InChI=1S/C15H17NO3/c1-10(17)15(2,3)12-9-13(18)16(14(12)19)11-7-5-4-6-8-11/h4-8,12H,9H2,1-3H3. The van der Waals surface area contributed by atoms with Crippen LogP contribution in [-0.2, 0) is 14.4 Å². The average molecular weight is 259 g/mol. The third-order valence-corrected chi connectivity index (χ3v) is 3.94. The monoisotopic (exact) mass is 259 g/mol. The van der Waals surface area contributed by atoms with E-state index in [1.807, 2.05) is 6.07 Å². The Hall–Kier alpha value is -1.97. The minimum Gasteiger partial charge on any atom is -0.299 e. The van der Waals surface area contributed by atoms with E-state index in [4.69, 9.17) is 0 Å². The van der Waals surface area contributed by atoms with E-state index in [-0.39, 0.29) is 24.0 Å². The zero-order chi connectivity index (χ0) is 14.2. The van der Waals surface area contributed by atoms with Crippen molar-refractivity contribution in [2.24, 2.45) is 11.3 Å². The number of imide groups is 1. The van der Waals surface area contributed by atoms with Gasteiger partial charge in [-0.1, -0.05) is 32.0 Å². The summed E-state index contributed by atoms with van der Waals surface area (Å²) in [6, 6.07) is 8.82. The van der Waals surface area contributed by atoms with Crippen LogP contribution in [0.2, 0.25) is 0 Å². The highest BCUT2D eigenvalue weighted by Crippen LogP contribution is 2.38. The molecule has 1 aliphatic heterocycles. The lowest BCUT2D eigenvalue weighted by Crippen LogP contribution is -2.38. The summed E-state index contributed by atoms with van der Waals surface area (Å²) in [5.74, 6) is -1.17. The number of nitrogens with zero attached hydrogens (tertiary/aromatic N) is 1. The predicted molar refractivity (Wildman–Crippen MR) is 71.5 cm³/mol. The van der Waals surface area contributed by atoms with Gasteiger partial charge in [-0.05, 0) is 19.1 Å². The molecule has 0 bridgehead atoms. The minimum absolute atomic E-state index is 0.0754. The number of hydrogen-bond acceptors (Lipinski definition) is 3. The van der Waals surface area contributed by atoms with Crippen LogP contribution in [0, 0.1) is 11.3 Å². The van der Waals surface area contributed by atoms with E-state index in [9.17, 15) is 14.4 Å². The SMILES string of the molecule is CC(=O)C(C)(C)C1CC(=O)N(c2ccccc2)C1=O. The summed E-state index contributed by atoms with van der Waals surface area (Å²) in [6.07, 6.45) is 0.0975. The van der Waals surface area contributed by atoms with E-state index < -0.39 is 11.3 Å². The molecule has 1 aliphatic rings. The van der Waals surface area contributed by atoms with Crippen LogP contribution in [0.5, 0.6) is 0 Å². The first-order valence-electron chi connectivity index (χ1n) is 6.28. The van der Waals surface area contributed by atoms with Gasteiger partial charge in [0.05, 0.1) is 11.6 Å². The van der Waals surface area contributed by atoms with Gasteiger partial charge >= 0.3 is 0 Å². The molecule has 1 heterocycles. The molecule has 0 saturated carbocycles. The van der Waals surface area contributed by atoms with Gasteiger partial charge in [0.1, 0.15) is 5.78 Å². The summed E-state index contributed by atoms with van der Waals surface area (Å²) in [4.78, 5) is 37.3. The molecule has 1 fully saturated rings. The molecule has 1 saturated heterocycles. The molecule has 4 nitrogen and oxygen atoms in total. The molecular weight excluding hydrogens is 242 g/mol. The van der Waals surface area contributed by atoms with Crippen LogP contribution in [0.3, 0.4) is 0 Å². The van der Waals surface area contributed by atoms with Crippen LogP contribution < -0.4 is 4.90 Å². The van der Waals surface area contributed by atoms with Gasteiger partial charge in [-0.25, -0.2) is 0 Å². The van der Waals surface area contributed by atoms with Crippen LogP contribution in [0.1, 0.15) is 27.2 Å². The zero-order valence-corrected chi connectivity index (χ0v) is 11.3. The Labute approximate surface area is 112 Å². The van der Waals surface area contributed by atoms with Gasteiger partial charge in [-0.15, -0.1) is 0 Å². The lowest BCUT2D eigenvalue weighted by molar-refractivity contribution is -0.134. The summed E-state index contributed by atoms with van der Waals surface area (Å²) in [5.41, 5.74) is -0.240. The molecule has 0 N–H and O–H groups in total. The van der Waals surface area contributed by atoms with E-state index in [0.29, 0.717) is 5.69 Å². The summed E-state index contributed by atoms with van der Waals surface area (Å²) in [6.45, 7) is 4.91. The molecule has 0 spiro atoms. The number of carbonyl (C=O) groups excluding carboxylic acids is 3. The highest BCUT2D eigenvalue weighted by Gasteiger charge is 2.49. The van der Waals surface area contributed by atoms with Crippen molar-refractivity contribution in [3.8, 4) is 0 Å².